The maximum Gasteiger partial charge on any atom is 0.276 e. The van der Waals surface area contributed by atoms with E-state index in [-0.39, 0.29) is 19.5 Å². The van der Waals surface area contributed by atoms with E-state index in [9.17, 15) is 12.8 Å². The van der Waals surface area contributed by atoms with Gasteiger partial charge in [-0.1, -0.05) is 0 Å². The maximum atomic E-state index is 12.3. The summed E-state index contributed by atoms with van der Waals surface area (Å²) >= 11 is 0. The van der Waals surface area contributed by atoms with Gasteiger partial charge in [-0.25, -0.2) is 9.53 Å². The number of halogens is 1. The van der Waals surface area contributed by atoms with Crippen molar-refractivity contribution in [3.63, 3.8) is 0 Å². The van der Waals surface area contributed by atoms with E-state index >= 15 is 0 Å². The van der Waals surface area contributed by atoms with Crippen LogP contribution in [0.3, 0.4) is 0 Å². The fraction of sp³-hybridized carbons (Fsp3) is 1.00. The smallest absolute Gasteiger partial charge is 0.246 e. The van der Waals surface area contributed by atoms with Gasteiger partial charge in [-0.15, -0.1) is 0 Å². The summed E-state index contributed by atoms with van der Waals surface area (Å²) in [5, 5.41) is 4.73. The van der Waals surface area contributed by atoms with Crippen LogP contribution in [0.4, 0.5) is 4.39 Å². The number of nitrogens with two attached hydrogens (primary N) is 1. The number of alkyl halides is 1. The van der Waals surface area contributed by atoms with Crippen molar-refractivity contribution in [2.45, 2.75) is 12.6 Å². The molecule has 1 aliphatic rings. The number of nitrogens with zero attached hydrogens (tertiary/aromatic N) is 1. The van der Waals surface area contributed by atoms with Crippen LogP contribution < -0.4 is 5.14 Å². The van der Waals surface area contributed by atoms with Crippen LogP contribution in [0.25, 0.3) is 0 Å². The molecule has 0 aromatic heterocycles. The van der Waals surface area contributed by atoms with Crippen LogP contribution in [0.15, 0.2) is 0 Å². The second-order valence-corrected chi connectivity index (χ2v) is 3.84. The van der Waals surface area contributed by atoms with E-state index in [0.717, 1.165) is 4.31 Å². The molecule has 1 atom stereocenters. The zero-order valence-electron chi connectivity index (χ0n) is 5.33. The second kappa shape index (κ2) is 2.44. The molecule has 1 aliphatic heterocycles. The summed E-state index contributed by atoms with van der Waals surface area (Å²) in [6.07, 6.45) is -0.783. The van der Waals surface area contributed by atoms with Crippen LogP contribution in [0, 0.1) is 0 Å². The van der Waals surface area contributed by atoms with Gasteiger partial charge in [-0.3, -0.25) is 0 Å². The van der Waals surface area contributed by atoms with Gasteiger partial charge in [0.05, 0.1) is 0 Å². The summed E-state index contributed by atoms with van der Waals surface area (Å²) < 4.78 is 34.3. The number of hydrogen-bond donors (Lipinski definition) is 1. The first-order chi connectivity index (χ1) is 4.50. The molecule has 4 nitrogen and oxygen atoms in total. The minimum absolute atomic E-state index is 0.0845. The average molecular weight is 168 g/mol. The Balaban J connectivity index is 2.62. The van der Waals surface area contributed by atoms with Crippen LogP contribution in [-0.4, -0.2) is 32.0 Å². The van der Waals surface area contributed by atoms with E-state index in [2.05, 4.69) is 0 Å². The van der Waals surface area contributed by atoms with Crippen molar-refractivity contribution < 1.29 is 12.8 Å². The highest BCUT2D eigenvalue weighted by Gasteiger charge is 2.28. The lowest BCUT2D eigenvalue weighted by molar-refractivity contribution is 0.343. The van der Waals surface area contributed by atoms with Gasteiger partial charge in [0.2, 0.25) is 0 Å². The molecular weight excluding hydrogens is 159 g/mol. The molecular formula is C4H9FN2O2S. The largest absolute Gasteiger partial charge is 0.276 e. The van der Waals surface area contributed by atoms with Gasteiger partial charge in [0, 0.05) is 13.1 Å². The lowest BCUT2D eigenvalue weighted by atomic mass is 10.4. The van der Waals surface area contributed by atoms with Crippen molar-refractivity contribution in [2.24, 2.45) is 5.14 Å². The second-order valence-electron chi connectivity index (χ2n) is 2.29. The minimum Gasteiger partial charge on any atom is -0.246 e. The van der Waals surface area contributed by atoms with Gasteiger partial charge >= 0.3 is 0 Å². The standard InChI is InChI=1S/C4H9FN2O2S/c5-4-1-2-7(3-4)10(6,8)9/h4H,1-3H2,(H2,6,8,9)/t4-/m0/s1. The third kappa shape index (κ3) is 1.65. The monoisotopic (exact) mass is 168 g/mol. The van der Waals surface area contributed by atoms with Crippen molar-refractivity contribution in [1.29, 1.82) is 0 Å². The molecule has 1 heterocycles. The van der Waals surface area contributed by atoms with Crippen molar-refractivity contribution in [2.75, 3.05) is 13.1 Å². The summed E-state index contributed by atoms with van der Waals surface area (Å²) in [6.45, 7) is 0.124. The lowest BCUT2D eigenvalue weighted by Gasteiger charge is -2.09. The van der Waals surface area contributed by atoms with Gasteiger partial charge in [-0.2, -0.15) is 12.7 Å². The molecule has 0 saturated carbocycles. The van der Waals surface area contributed by atoms with Crippen molar-refractivity contribution in [3.8, 4) is 0 Å². The van der Waals surface area contributed by atoms with Crippen molar-refractivity contribution in [1.82, 2.24) is 4.31 Å². The Hall–Kier alpha value is -0.200. The SMILES string of the molecule is NS(=O)(=O)N1CC[C@H](F)C1. The Bertz CT molecular complexity index is 215. The van der Waals surface area contributed by atoms with Crippen LogP contribution >= 0.6 is 0 Å². The lowest BCUT2D eigenvalue weighted by Crippen LogP contribution is -2.34. The highest BCUT2D eigenvalue weighted by molar-refractivity contribution is 7.86. The Kier molecular flexibility index (Phi) is 1.93. The summed E-state index contributed by atoms with van der Waals surface area (Å²) in [4.78, 5) is 0. The van der Waals surface area contributed by atoms with Gasteiger partial charge in [0.25, 0.3) is 10.2 Å². The van der Waals surface area contributed by atoms with Gasteiger partial charge < -0.3 is 0 Å². The first-order valence-electron chi connectivity index (χ1n) is 2.92. The Morgan fingerprint density at radius 3 is 2.40 bits per heavy atom. The van der Waals surface area contributed by atoms with E-state index in [1.165, 1.54) is 0 Å². The molecule has 1 fully saturated rings. The maximum absolute atomic E-state index is 12.3. The van der Waals surface area contributed by atoms with Gasteiger partial charge in [0.1, 0.15) is 6.17 Å². The molecule has 10 heavy (non-hydrogen) atoms. The third-order valence-corrected chi connectivity index (χ3v) is 2.50. The molecule has 6 heteroatoms. The van der Waals surface area contributed by atoms with Gasteiger partial charge in [0.15, 0.2) is 0 Å². The molecule has 0 aromatic carbocycles. The molecule has 0 unspecified atom stereocenters. The molecule has 0 spiro atoms. The molecule has 1 saturated heterocycles. The first-order valence-corrected chi connectivity index (χ1v) is 4.42. The molecule has 0 amide bonds. The Morgan fingerprint density at radius 2 is 2.20 bits per heavy atom. The summed E-state index contributed by atoms with van der Waals surface area (Å²) in [7, 11) is -3.64. The minimum atomic E-state index is -3.64. The summed E-state index contributed by atoms with van der Waals surface area (Å²) in [6, 6.07) is 0. The zero-order valence-corrected chi connectivity index (χ0v) is 6.14. The van der Waals surface area contributed by atoms with E-state index in [1.54, 1.807) is 0 Å². The fourth-order valence-electron chi connectivity index (χ4n) is 0.919. The average Bonchev–Trinajstić information content (AvgIpc) is 2.11. The number of hydrogen-bond acceptors (Lipinski definition) is 2. The van der Waals surface area contributed by atoms with E-state index < -0.39 is 16.4 Å². The summed E-state index contributed by atoms with van der Waals surface area (Å²) in [5.41, 5.74) is 0. The Labute approximate surface area is 59.0 Å². The quantitative estimate of drug-likeness (QED) is 0.559. The molecule has 0 bridgehead atoms. The first kappa shape index (κ1) is 7.90. The Morgan fingerprint density at radius 1 is 1.60 bits per heavy atom. The number of rotatable bonds is 1. The zero-order chi connectivity index (χ0) is 7.78. The molecule has 1 rings (SSSR count). The molecule has 0 radical (unpaired) electrons. The van der Waals surface area contributed by atoms with Crippen molar-refractivity contribution >= 4 is 10.2 Å². The predicted molar refractivity (Wildman–Crippen MR) is 34.2 cm³/mol. The predicted octanol–water partition coefficient (Wildman–Crippen LogP) is -0.766. The van der Waals surface area contributed by atoms with E-state index in [0.29, 0.717) is 0 Å². The normalized spacial score (nSPS) is 29.2. The third-order valence-electron chi connectivity index (χ3n) is 1.45. The summed E-state index contributed by atoms with van der Waals surface area (Å²) in [5.74, 6) is 0. The highest BCUT2D eigenvalue weighted by atomic mass is 32.2. The van der Waals surface area contributed by atoms with Crippen LogP contribution in [0.1, 0.15) is 6.42 Å². The highest BCUT2D eigenvalue weighted by Crippen LogP contribution is 2.13. The topological polar surface area (TPSA) is 63.4 Å². The van der Waals surface area contributed by atoms with E-state index in [4.69, 9.17) is 5.14 Å². The molecule has 0 aromatic rings. The molecule has 60 valence electrons. The molecule has 2 N–H and O–H groups in total. The van der Waals surface area contributed by atoms with Crippen LogP contribution in [0.5, 0.6) is 0 Å². The van der Waals surface area contributed by atoms with Crippen LogP contribution in [0.2, 0.25) is 0 Å². The molecule has 0 aliphatic carbocycles. The van der Waals surface area contributed by atoms with Crippen molar-refractivity contribution in [3.05, 3.63) is 0 Å². The fourth-order valence-corrected chi connectivity index (χ4v) is 1.65. The van der Waals surface area contributed by atoms with Crippen LogP contribution in [-0.2, 0) is 10.2 Å². The van der Waals surface area contributed by atoms with E-state index in [1.807, 2.05) is 0 Å². The van der Waals surface area contributed by atoms with Gasteiger partial charge in [-0.05, 0) is 6.42 Å².